The summed E-state index contributed by atoms with van der Waals surface area (Å²) in [5, 5.41) is 0. The van der Waals surface area contributed by atoms with E-state index in [-0.39, 0.29) is 12.0 Å². The monoisotopic (exact) mass is 185 g/mol. The molecule has 1 rings (SSSR count). The van der Waals surface area contributed by atoms with Crippen LogP contribution in [0.5, 0.6) is 0 Å². The van der Waals surface area contributed by atoms with Crippen LogP contribution < -0.4 is 0 Å². The Kier molecular flexibility index (Phi) is 3.72. The van der Waals surface area contributed by atoms with Crippen LogP contribution in [0.4, 0.5) is 0 Å². The lowest BCUT2D eigenvalue weighted by Gasteiger charge is -2.25. The van der Waals surface area contributed by atoms with E-state index in [1.54, 1.807) is 0 Å². The van der Waals surface area contributed by atoms with Gasteiger partial charge in [-0.2, -0.15) is 0 Å². The van der Waals surface area contributed by atoms with Gasteiger partial charge in [0.15, 0.2) is 0 Å². The van der Waals surface area contributed by atoms with E-state index in [2.05, 4.69) is 11.8 Å². The number of methoxy groups -OCH3 is 1. The molecule has 3 nitrogen and oxygen atoms in total. The van der Waals surface area contributed by atoms with Crippen molar-refractivity contribution in [1.82, 2.24) is 4.90 Å². The van der Waals surface area contributed by atoms with Crippen LogP contribution in [0.2, 0.25) is 0 Å². The summed E-state index contributed by atoms with van der Waals surface area (Å²) < 4.78 is 4.78. The normalized spacial score (nSPS) is 18.8. The lowest BCUT2D eigenvalue weighted by molar-refractivity contribution is -0.147. The Morgan fingerprint density at radius 2 is 2.23 bits per heavy atom. The van der Waals surface area contributed by atoms with Crippen molar-refractivity contribution in [2.45, 2.75) is 44.7 Å². The maximum atomic E-state index is 11.4. The number of nitrogens with zero attached hydrogens (tertiary/aromatic N) is 1. The highest BCUT2D eigenvalue weighted by Crippen LogP contribution is 2.28. The molecule has 3 heteroatoms. The van der Waals surface area contributed by atoms with Gasteiger partial charge < -0.3 is 4.74 Å². The van der Waals surface area contributed by atoms with Crippen molar-refractivity contribution in [3.63, 3.8) is 0 Å². The Balaban J connectivity index is 2.48. The minimum absolute atomic E-state index is 0.0255. The molecule has 1 aliphatic rings. The number of hydrogen-bond donors (Lipinski definition) is 0. The third-order valence-corrected chi connectivity index (χ3v) is 2.65. The molecule has 13 heavy (non-hydrogen) atoms. The minimum Gasteiger partial charge on any atom is -0.468 e. The van der Waals surface area contributed by atoms with Crippen molar-refractivity contribution < 1.29 is 9.53 Å². The SMILES string of the molecule is CCCC(C(=O)OC)N(C)C1CC1. The van der Waals surface area contributed by atoms with E-state index < -0.39 is 0 Å². The number of rotatable bonds is 5. The van der Waals surface area contributed by atoms with Gasteiger partial charge in [-0.05, 0) is 26.3 Å². The molecule has 0 aliphatic heterocycles. The first kappa shape index (κ1) is 10.5. The molecule has 1 saturated carbocycles. The Bertz CT molecular complexity index is 178. The van der Waals surface area contributed by atoms with Crippen LogP contribution in [-0.2, 0) is 9.53 Å². The molecule has 1 unspecified atom stereocenters. The van der Waals surface area contributed by atoms with E-state index in [9.17, 15) is 4.79 Å². The van der Waals surface area contributed by atoms with Crippen molar-refractivity contribution in [3.8, 4) is 0 Å². The zero-order chi connectivity index (χ0) is 9.84. The summed E-state index contributed by atoms with van der Waals surface area (Å²) in [6.45, 7) is 2.09. The molecule has 0 bridgehead atoms. The van der Waals surface area contributed by atoms with Crippen molar-refractivity contribution in [2.75, 3.05) is 14.2 Å². The Morgan fingerprint density at radius 3 is 2.62 bits per heavy atom. The van der Waals surface area contributed by atoms with Gasteiger partial charge in [-0.25, -0.2) is 0 Å². The molecule has 1 aliphatic carbocycles. The van der Waals surface area contributed by atoms with E-state index in [4.69, 9.17) is 4.74 Å². The van der Waals surface area contributed by atoms with Crippen LogP contribution in [-0.4, -0.2) is 37.1 Å². The summed E-state index contributed by atoms with van der Waals surface area (Å²) in [5.74, 6) is -0.0868. The van der Waals surface area contributed by atoms with Gasteiger partial charge in [0.05, 0.1) is 7.11 Å². The number of carbonyl (C=O) groups excluding carboxylic acids is 1. The van der Waals surface area contributed by atoms with Gasteiger partial charge in [-0.3, -0.25) is 9.69 Å². The number of likely N-dealkylation sites (N-methyl/N-ethyl adjacent to an activating group) is 1. The van der Waals surface area contributed by atoms with E-state index in [0.29, 0.717) is 6.04 Å². The first-order chi connectivity index (χ1) is 6.20. The van der Waals surface area contributed by atoms with Crippen LogP contribution in [0.3, 0.4) is 0 Å². The average Bonchev–Trinajstić information content (AvgIpc) is 2.95. The summed E-state index contributed by atoms with van der Waals surface area (Å²) in [6, 6.07) is 0.596. The number of hydrogen-bond acceptors (Lipinski definition) is 3. The molecular formula is C10H19NO2. The van der Waals surface area contributed by atoms with Gasteiger partial charge in [0.1, 0.15) is 6.04 Å². The molecule has 0 spiro atoms. The first-order valence-corrected chi connectivity index (χ1v) is 5.00. The van der Waals surface area contributed by atoms with Crippen LogP contribution in [0, 0.1) is 0 Å². The molecule has 0 aromatic rings. The fourth-order valence-corrected chi connectivity index (χ4v) is 1.63. The number of ether oxygens (including phenoxy) is 1. The van der Waals surface area contributed by atoms with Crippen molar-refractivity contribution in [3.05, 3.63) is 0 Å². The topological polar surface area (TPSA) is 29.5 Å². The second-order valence-electron chi connectivity index (χ2n) is 3.72. The summed E-state index contributed by atoms with van der Waals surface area (Å²) in [7, 11) is 3.49. The first-order valence-electron chi connectivity index (χ1n) is 5.00. The van der Waals surface area contributed by atoms with E-state index in [1.165, 1.54) is 20.0 Å². The highest BCUT2D eigenvalue weighted by molar-refractivity contribution is 5.75. The largest absolute Gasteiger partial charge is 0.468 e. The van der Waals surface area contributed by atoms with E-state index >= 15 is 0 Å². The fourth-order valence-electron chi connectivity index (χ4n) is 1.63. The maximum absolute atomic E-state index is 11.4. The van der Waals surface area contributed by atoms with Crippen LogP contribution in [0.25, 0.3) is 0 Å². The lowest BCUT2D eigenvalue weighted by atomic mass is 10.1. The fraction of sp³-hybridized carbons (Fsp3) is 0.900. The molecule has 0 radical (unpaired) electrons. The minimum atomic E-state index is -0.0868. The highest BCUT2D eigenvalue weighted by atomic mass is 16.5. The summed E-state index contributed by atoms with van der Waals surface area (Å²) in [6.07, 6.45) is 4.39. The van der Waals surface area contributed by atoms with Gasteiger partial charge in [-0.15, -0.1) is 0 Å². The summed E-state index contributed by atoms with van der Waals surface area (Å²) >= 11 is 0. The molecular weight excluding hydrogens is 166 g/mol. The predicted molar refractivity (Wildman–Crippen MR) is 51.5 cm³/mol. The molecule has 1 atom stereocenters. The standard InChI is InChI=1S/C10H19NO2/c1-4-5-9(10(12)13-3)11(2)8-6-7-8/h8-9H,4-7H2,1-3H3. The Morgan fingerprint density at radius 1 is 1.62 bits per heavy atom. The highest BCUT2D eigenvalue weighted by Gasteiger charge is 2.34. The lowest BCUT2D eigenvalue weighted by Crippen LogP contribution is -2.40. The maximum Gasteiger partial charge on any atom is 0.323 e. The number of esters is 1. The zero-order valence-electron chi connectivity index (χ0n) is 8.75. The second-order valence-corrected chi connectivity index (χ2v) is 3.72. The van der Waals surface area contributed by atoms with Gasteiger partial charge in [0.2, 0.25) is 0 Å². The van der Waals surface area contributed by atoms with Crippen molar-refractivity contribution in [1.29, 1.82) is 0 Å². The molecule has 76 valence electrons. The summed E-state index contributed by atoms with van der Waals surface area (Å²) in [4.78, 5) is 13.6. The van der Waals surface area contributed by atoms with Gasteiger partial charge in [-0.1, -0.05) is 13.3 Å². The van der Waals surface area contributed by atoms with Gasteiger partial charge in [0.25, 0.3) is 0 Å². The Labute approximate surface area is 80.1 Å². The van der Waals surface area contributed by atoms with Crippen molar-refractivity contribution in [2.24, 2.45) is 0 Å². The number of carbonyl (C=O) groups is 1. The third-order valence-electron chi connectivity index (χ3n) is 2.65. The quantitative estimate of drug-likeness (QED) is 0.607. The average molecular weight is 185 g/mol. The predicted octanol–water partition coefficient (Wildman–Crippen LogP) is 1.42. The van der Waals surface area contributed by atoms with Crippen molar-refractivity contribution >= 4 is 5.97 Å². The molecule has 0 aromatic carbocycles. The third kappa shape index (κ3) is 2.69. The van der Waals surface area contributed by atoms with Crippen LogP contribution >= 0.6 is 0 Å². The molecule has 1 fully saturated rings. The smallest absolute Gasteiger partial charge is 0.323 e. The second kappa shape index (κ2) is 4.61. The van der Waals surface area contributed by atoms with E-state index in [1.807, 2.05) is 7.05 Å². The molecule has 0 heterocycles. The molecule has 0 aromatic heterocycles. The Hall–Kier alpha value is -0.570. The summed E-state index contributed by atoms with van der Waals surface area (Å²) in [5.41, 5.74) is 0. The van der Waals surface area contributed by atoms with Crippen LogP contribution in [0.1, 0.15) is 32.6 Å². The molecule has 0 amide bonds. The van der Waals surface area contributed by atoms with Gasteiger partial charge in [0, 0.05) is 6.04 Å². The molecule has 0 N–H and O–H groups in total. The van der Waals surface area contributed by atoms with Gasteiger partial charge >= 0.3 is 5.97 Å². The molecule has 0 saturated heterocycles. The van der Waals surface area contributed by atoms with Crippen LogP contribution in [0.15, 0.2) is 0 Å². The van der Waals surface area contributed by atoms with E-state index in [0.717, 1.165) is 12.8 Å². The zero-order valence-corrected chi connectivity index (χ0v) is 8.75.